The Morgan fingerprint density at radius 2 is 1.57 bits per heavy atom. The Morgan fingerprint density at radius 3 is 2.18 bits per heavy atom. The molecule has 1 aromatic heterocycles. The molecule has 1 saturated carbocycles. The number of rotatable bonds is 8. The lowest BCUT2D eigenvalue weighted by Gasteiger charge is -2.36. The zero-order valence-corrected chi connectivity index (χ0v) is 23.6. The topological polar surface area (TPSA) is 83.8 Å². The van der Waals surface area contributed by atoms with Crippen LogP contribution in [-0.4, -0.2) is 53.1 Å². The molecular weight excluding hydrogens is 592 g/mol. The van der Waals surface area contributed by atoms with Gasteiger partial charge in [0.2, 0.25) is 5.88 Å². The van der Waals surface area contributed by atoms with Gasteiger partial charge in [-0.3, -0.25) is 15.0 Å². The molecule has 1 saturated heterocycles. The van der Waals surface area contributed by atoms with E-state index in [2.05, 4.69) is 20.1 Å². The summed E-state index contributed by atoms with van der Waals surface area (Å²) >= 11 is 0. The molecule has 0 atom stereocenters. The first-order valence-electron chi connectivity index (χ1n) is 14.2. The number of hydrogen-bond acceptors (Lipinski definition) is 7. The second-order valence-corrected chi connectivity index (χ2v) is 11.0. The maximum absolute atomic E-state index is 13.3. The number of anilines is 2. The third kappa shape index (κ3) is 7.90. The van der Waals surface area contributed by atoms with Gasteiger partial charge in [0.25, 0.3) is 5.69 Å². The van der Waals surface area contributed by atoms with E-state index in [9.17, 15) is 36.5 Å². The summed E-state index contributed by atoms with van der Waals surface area (Å²) in [6, 6.07) is 11.9. The van der Waals surface area contributed by atoms with Gasteiger partial charge in [-0.1, -0.05) is 12.1 Å². The van der Waals surface area contributed by atoms with E-state index in [1.54, 1.807) is 6.20 Å². The molecule has 0 spiro atoms. The van der Waals surface area contributed by atoms with E-state index in [1.807, 2.05) is 12.1 Å². The van der Waals surface area contributed by atoms with Gasteiger partial charge >= 0.3 is 12.4 Å². The van der Waals surface area contributed by atoms with Crippen molar-refractivity contribution < 1.29 is 36.0 Å². The van der Waals surface area contributed by atoms with Crippen LogP contribution in [0.4, 0.5) is 43.4 Å². The SMILES string of the molecule is O=[N+]([O-])c1ccc(NC2CCC(Oc3cc(N4CCN(Cc5ccc(C(F)(F)F)cc5)CC4)ccn3)CC2)cc1C(F)(F)F. The van der Waals surface area contributed by atoms with Crippen molar-refractivity contribution in [3.63, 3.8) is 0 Å². The van der Waals surface area contributed by atoms with Crippen LogP contribution in [0.25, 0.3) is 0 Å². The lowest BCUT2D eigenvalue weighted by atomic mass is 9.92. The molecule has 44 heavy (non-hydrogen) atoms. The fourth-order valence-electron chi connectivity index (χ4n) is 5.63. The van der Waals surface area contributed by atoms with Crippen LogP contribution in [0.1, 0.15) is 42.4 Å². The van der Waals surface area contributed by atoms with Crippen molar-refractivity contribution in [1.82, 2.24) is 9.88 Å². The summed E-state index contributed by atoms with van der Waals surface area (Å²) in [5.41, 5.74) is -0.947. The number of nitrogens with one attached hydrogen (secondary N) is 1. The minimum Gasteiger partial charge on any atom is -0.474 e. The second-order valence-electron chi connectivity index (χ2n) is 11.0. The molecule has 1 aliphatic heterocycles. The summed E-state index contributed by atoms with van der Waals surface area (Å²) < 4.78 is 84.6. The highest BCUT2D eigenvalue weighted by Crippen LogP contribution is 2.38. The Bertz CT molecular complexity index is 1430. The highest BCUT2D eigenvalue weighted by atomic mass is 19.4. The Balaban J connectivity index is 1.09. The van der Waals surface area contributed by atoms with Gasteiger partial charge in [0.15, 0.2) is 0 Å². The fourth-order valence-corrected chi connectivity index (χ4v) is 5.63. The Kier molecular flexibility index (Phi) is 9.18. The predicted octanol–water partition coefficient (Wildman–Crippen LogP) is 7.15. The zero-order chi connectivity index (χ0) is 31.5. The smallest absolute Gasteiger partial charge is 0.423 e. The number of benzene rings is 2. The molecular formula is C30H31F6N5O3. The molecule has 14 heteroatoms. The molecule has 1 aliphatic carbocycles. The number of nitro groups is 1. The molecule has 3 aromatic rings. The summed E-state index contributed by atoms with van der Waals surface area (Å²) in [4.78, 5) is 18.7. The van der Waals surface area contributed by atoms with Gasteiger partial charge in [-0.05, 0) is 61.6 Å². The van der Waals surface area contributed by atoms with E-state index in [1.165, 1.54) is 18.2 Å². The lowest BCUT2D eigenvalue weighted by molar-refractivity contribution is -0.388. The molecule has 0 radical (unpaired) electrons. The lowest BCUT2D eigenvalue weighted by Crippen LogP contribution is -2.46. The van der Waals surface area contributed by atoms with Gasteiger partial charge in [-0.15, -0.1) is 0 Å². The van der Waals surface area contributed by atoms with E-state index >= 15 is 0 Å². The van der Waals surface area contributed by atoms with Crippen molar-refractivity contribution in [3.8, 4) is 5.88 Å². The number of aromatic nitrogens is 1. The minimum atomic E-state index is -4.84. The average molecular weight is 624 g/mol. The van der Waals surface area contributed by atoms with Crippen LogP contribution < -0.4 is 15.0 Å². The summed E-state index contributed by atoms with van der Waals surface area (Å²) in [6.45, 7) is 3.53. The van der Waals surface area contributed by atoms with E-state index in [4.69, 9.17) is 4.74 Å². The number of nitrogens with zero attached hydrogens (tertiary/aromatic N) is 4. The highest BCUT2D eigenvalue weighted by molar-refractivity contribution is 5.55. The maximum Gasteiger partial charge on any atom is 0.423 e. The van der Waals surface area contributed by atoms with Crippen molar-refractivity contribution in [2.75, 3.05) is 36.4 Å². The van der Waals surface area contributed by atoms with Crippen molar-refractivity contribution >= 4 is 17.1 Å². The molecule has 0 amide bonds. The van der Waals surface area contributed by atoms with Crippen LogP contribution in [0, 0.1) is 10.1 Å². The molecule has 8 nitrogen and oxygen atoms in total. The predicted molar refractivity (Wildman–Crippen MR) is 152 cm³/mol. The van der Waals surface area contributed by atoms with Crippen LogP contribution in [0.5, 0.6) is 5.88 Å². The number of ether oxygens (including phenoxy) is 1. The molecule has 0 bridgehead atoms. The van der Waals surface area contributed by atoms with E-state index in [0.717, 1.165) is 61.7 Å². The number of nitro benzene ring substituents is 1. The van der Waals surface area contributed by atoms with Crippen LogP contribution in [-0.2, 0) is 18.9 Å². The molecule has 236 valence electrons. The summed E-state index contributed by atoms with van der Waals surface area (Å²) in [5.74, 6) is 0.483. The Morgan fingerprint density at radius 1 is 0.886 bits per heavy atom. The van der Waals surface area contributed by atoms with Gasteiger partial charge in [-0.2, -0.15) is 26.3 Å². The molecule has 0 unspecified atom stereocenters. The molecule has 2 fully saturated rings. The second kappa shape index (κ2) is 12.9. The first-order chi connectivity index (χ1) is 20.8. The number of halogens is 6. The van der Waals surface area contributed by atoms with Gasteiger partial charge in [0.05, 0.1) is 10.5 Å². The van der Waals surface area contributed by atoms with Gasteiger partial charge in [-0.25, -0.2) is 4.98 Å². The van der Waals surface area contributed by atoms with Crippen molar-refractivity contribution in [2.45, 2.75) is 56.7 Å². The van der Waals surface area contributed by atoms with Crippen molar-refractivity contribution in [3.05, 3.63) is 87.6 Å². The molecule has 2 heterocycles. The van der Waals surface area contributed by atoms with Crippen LogP contribution in [0.2, 0.25) is 0 Å². The average Bonchev–Trinajstić information content (AvgIpc) is 2.98. The first-order valence-corrected chi connectivity index (χ1v) is 14.2. The van der Waals surface area contributed by atoms with Crippen molar-refractivity contribution in [2.24, 2.45) is 0 Å². The number of alkyl halides is 6. The highest BCUT2D eigenvalue weighted by Gasteiger charge is 2.38. The molecule has 1 N–H and O–H groups in total. The van der Waals surface area contributed by atoms with Crippen LogP contribution >= 0.6 is 0 Å². The normalized spacial score (nSPS) is 19.9. The first kappa shape index (κ1) is 31.4. The zero-order valence-electron chi connectivity index (χ0n) is 23.6. The molecule has 5 rings (SSSR count). The van der Waals surface area contributed by atoms with E-state index in [0.29, 0.717) is 38.1 Å². The summed E-state index contributed by atoms with van der Waals surface area (Å²) in [5, 5.41) is 14.1. The van der Waals surface area contributed by atoms with Gasteiger partial charge < -0.3 is 15.0 Å². The summed E-state index contributed by atoms with van der Waals surface area (Å²) in [7, 11) is 0. The largest absolute Gasteiger partial charge is 0.474 e. The standard InChI is InChI=1S/C30H31F6N5O3/c31-29(32,33)21-3-1-20(2-4-21)19-39-13-15-40(16-14-39)24-11-12-37-28(18-24)44-25-8-5-22(6-9-25)38-23-7-10-27(41(42)43)26(17-23)30(34,35)36/h1-4,7,10-12,17-18,22,25,38H,5-6,8-9,13-16,19H2. The number of piperazine rings is 1. The molecule has 2 aliphatic rings. The number of pyridine rings is 1. The van der Waals surface area contributed by atoms with Crippen LogP contribution in [0.15, 0.2) is 60.8 Å². The van der Waals surface area contributed by atoms with E-state index < -0.39 is 34.1 Å². The maximum atomic E-state index is 13.3. The Labute approximate surface area is 249 Å². The third-order valence-electron chi connectivity index (χ3n) is 7.97. The summed E-state index contributed by atoms with van der Waals surface area (Å²) in [6.07, 6.45) is -5.02. The number of hydrogen-bond donors (Lipinski definition) is 1. The monoisotopic (exact) mass is 623 g/mol. The molecule has 2 aromatic carbocycles. The van der Waals surface area contributed by atoms with Crippen molar-refractivity contribution in [1.29, 1.82) is 0 Å². The quantitative estimate of drug-likeness (QED) is 0.162. The fraction of sp³-hybridized carbons (Fsp3) is 0.433. The van der Waals surface area contributed by atoms with Gasteiger partial charge in [0.1, 0.15) is 11.7 Å². The van der Waals surface area contributed by atoms with Gasteiger partial charge in [0, 0.05) is 68.5 Å². The Hall–Kier alpha value is -4.07. The third-order valence-corrected chi connectivity index (χ3v) is 7.97. The minimum absolute atomic E-state index is 0.101. The van der Waals surface area contributed by atoms with E-state index in [-0.39, 0.29) is 17.8 Å². The van der Waals surface area contributed by atoms with Crippen LogP contribution in [0.3, 0.4) is 0 Å².